The SMILES string of the molecule is CC(O)COC1CCN(c2nccc(N)n2)CC1F. The molecule has 6 nitrogen and oxygen atoms in total. The molecular weight excluding hydrogens is 251 g/mol. The number of aliphatic hydroxyl groups is 1. The molecule has 1 saturated heterocycles. The van der Waals surface area contributed by atoms with Crippen molar-refractivity contribution in [1.82, 2.24) is 9.97 Å². The number of nitrogens with two attached hydrogens (primary N) is 1. The maximum Gasteiger partial charge on any atom is 0.227 e. The third-order valence-electron chi connectivity index (χ3n) is 2.98. The van der Waals surface area contributed by atoms with Crippen LogP contribution in [0.3, 0.4) is 0 Å². The molecule has 3 atom stereocenters. The summed E-state index contributed by atoms with van der Waals surface area (Å²) in [6, 6.07) is 1.59. The first kappa shape index (κ1) is 14.0. The van der Waals surface area contributed by atoms with E-state index in [4.69, 9.17) is 15.6 Å². The van der Waals surface area contributed by atoms with Gasteiger partial charge in [0.1, 0.15) is 12.0 Å². The topological polar surface area (TPSA) is 84.5 Å². The summed E-state index contributed by atoms with van der Waals surface area (Å²) in [4.78, 5) is 9.91. The molecule has 106 valence electrons. The van der Waals surface area contributed by atoms with E-state index < -0.39 is 18.4 Å². The van der Waals surface area contributed by atoms with E-state index in [0.29, 0.717) is 24.7 Å². The molecule has 0 bridgehead atoms. The summed E-state index contributed by atoms with van der Waals surface area (Å²) in [5, 5.41) is 9.14. The van der Waals surface area contributed by atoms with Crippen molar-refractivity contribution in [3.05, 3.63) is 12.3 Å². The van der Waals surface area contributed by atoms with Crippen LogP contribution in [0, 0.1) is 0 Å². The number of hydrogen-bond acceptors (Lipinski definition) is 6. The summed E-state index contributed by atoms with van der Waals surface area (Å²) >= 11 is 0. The molecule has 0 saturated carbocycles. The average molecular weight is 270 g/mol. The van der Waals surface area contributed by atoms with E-state index in [2.05, 4.69) is 9.97 Å². The summed E-state index contributed by atoms with van der Waals surface area (Å²) in [5.74, 6) is 0.810. The van der Waals surface area contributed by atoms with Gasteiger partial charge in [-0.15, -0.1) is 0 Å². The fourth-order valence-electron chi connectivity index (χ4n) is 2.03. The van der Waals surface area contributed by atoms with Gasteiger partial charge in [0.2, 0.25) is 5.95 Å². The van der Waals surface area contributed by atoms with Gasteiger partial charge in [-0.2, -0.15) is 4.98 Å². The second-order valence-electron chi connectivity index (χ2n) is 4.75. The van der Waals surface area contributed by atoms with Gasteiger partial charge in [-0.3, -0.25) is 0 Å². The molecule has 1 aromatic rings. The zero-order valence-electron chi connectivity index (χ0n) is 10.9. The van der Waals surface area contributed by atoms with Gasteiger partial charge in [0, 0.05) is 12.7 Å². The van der Waals surface area contributed by atoms with E-state index in [1.807, 2.05) is 0 Å². The zero-order valence-corrected chi connectivity index (χ0v) is 10.9. The summed E-state index contributed by atoms with van der Waals surface area (Å²) in [7, 11) is 0. The molecule has 1 aliphatic heterocycles. The molecule has 0 amide bonds. The van der Waals surface area contributed by atoms with Gasteiger partial charge < -0.3 is 20.5 Å². The Morgan fingerprint density at radius 1 is 1.68 bits per heavy atom. The van der Waals surface area contributed by atoms with E-state index in [1.165, 1.54) is 0 Å². The fourth-order valence-corrected chi connectivity index (χ4v) is 2.03. The Labute approximate surface area is 111 Å². The van der Waals surface area contributed by atoms with Crippen molar-refractivity contribution in [2.45, 2.75) is 31.7 Å². The number of alkyl halides is 1. The smallest absolute Gasteiger partial charge is 0.227 e. The Bertz CT molecular complexity index is 418. The molecule has 19 heavy (non-hydrogen) atoms. The number of nitrogens with zero attached hydrogens (tertiary/aromatic N) is 3. The molecular formula is C12H19FN4O2. The van der Waals surface area contributed by atoms with E-state index in [9.17, 15) is 4.39 Å². The minimum atomic E-state index is -1.13. The van der Waals surface area contributed by atoms with Gasteiger partial charge in [-0.25, -0.2) is 9.37 Å². The van der Waals surface area contributed by atoms with Crippen molar-refractivity contribution < 1.29 is 14.2 Å². The third-order valence-corrected chi connectivity index (χ3v) is 2.98. The molecule has 7 heteroatoms. The first-order valence-electron chi connectivity index (χ1n) is 6.33. The lowest BCUT2D eigenvalue weighted by Gasteiger charge is -2.34. The van der Waals surface area contributed by atoms with Crippen molar-refractivity contribution in [2.75, 3.05) is 30.3 Å². The monoisotopic (exact) mass is 270 g/mol. The molecule has 1 fully saturated rings. The first-order chi connectivity index (χ1) is 9.06. The number of rotatable bonds is 4. The van der Waals surface area contributed by atoms with Gasteiger partial charge in [0.25, 0.3) is 0 Å². The second-order valence-corrected chi connectivity index (χ2v) is 4.75. The number of halogens is 1. The van der Waals surface area contributed by atoms with Crippen LogP contribution in [-0.4, -0.2) is 53.2 Å². The lowest BCUT2D eigenvalue weighted by molar-refractivity contribution is -0.0458. The van der Waals surface area contributed by atoms with Crippen LogP contribution in [0.15, 0.2) is 12.3 Å². The largest absolute Gasteiger partial charge is 0.391 e. The van der Waals surface area contributed by atoms with Crippen LogP contribution in [0.1, 0.15) is 13.3 Å². The molecule has 0 spiro atoms. The number of ether oxygens (including phenoxy) is 1. The van der Waals surface area contributed by atoms with Crippen molar-refractivity contribution in [3.63, 3.8) is 0 Å². The van der Waals surface area contributed by atoms with E-state index in [0.717, 1.165) is 0 Å². The van der Waals surface area contributed by atoms with Crippen molar-refractivity contribution in [2.24, 2.45) is 0 Å². The highest BCUT2D eigenvalue weighted by Gasteiger charge is 2.31. The maximum atomic E-state index is 14.0. The molecule has 2 heterocycles. The molecule has 0 aliphatic carbocycles. The van der Waals surface area contributed by atoms with Crippen molar-refractivity contribution in [1.29, 1.82) is 0 Å². The predicted molar refractivity (Wildman–Crippen MR) is 69.6 cm³/mol. The minimum Gasteiger partial charge on any atom is -0.391 e. The lowest BCUT2D eigenvalue weighted by atomic mass is 10.1. The molecule has 0 radical (unpaired) electrons. The minimum absolute atomic E-state index is 0.153. The molecule has 0 aromatic carbocycles. The first-order valence-corrected chi connectivity index (χ1v) is 6.33. The van der Waals surface area contributed by atoms with Crippen LogP contribution < -0.4 is 10.6 Å². The Hall–Kier alpha value is -1.47. The van der Waals surface area contributed by atoms with Gasteiger partial charge in [0.05, 0.1) is 25.4 Å². The van der Waals surface area contributed by atoms with E-state index in [1.54, 1.807) is 24.1 Å². The molecule has 3 N–H and O–H groups in total. The van der Waals surface area contributed by atoms with Gasteiger partial charge in [-0.1, -0.05) is 0 Å². The number of anilines is 2. The number of aromatic nitrogens is 2. The Morgan fingerprint density at radius 2 is 2.47 bits per heavy atom. The maximum absolute atomic E-state index is 14.0. The standard InChI is InChI=1S/C12H19FN4O2/c1-8(18)7-19-10-3-5-17(6-9(10)13)12-15-4-2-11(14)16-12/h2,4,8-10,18H,3,5-7H2,1H3,(H2,14,15,16). The second kappa shape index (κ2) is 6.12. The average Bonchev–Trinajstić information content (AvgIpc) is 2.37. The van der Waals surface area contributed by atoms with Gasteiger partial charge >= 0.3 is 0 Å². The van der Waals surface area contributed by atoms with E-state index >= 15 is 0 Å². The molecule has 1 aromatic heterocycles. The molecule has 2 rings (SSSR count). The van der Waals surface area contributed by atoms with Gasteiger partial charge in [0.15, 0.2) is 0 Å². The number of piperidine rings is 1. The Balaban J connectivity index is 1.92. The van der Waals surface area contributed by atoms with Crippen molar-refractivity contribution >= 4 is 11.8 Å². The van der Waals surface area contributed by atoms with Crippen LogP contribution in [-0.2, 0) is 4.74 Å². The van der Waals surface area contributed by atoms with Crippen LogP contribution in [0.5, 0.6) is 0 Å². The Morgan fingerprint density at radius 3 is 3.11 bits per heavy atom. The molecule has 3 unspecified atom stereocenters. The highest BCUT2D eigenvalue weighted by atomic mass is 19.1. The highest BCUT2D eigenvalue weighted by Crippen LogP contribution is 2.21. The summed E-state index contributed by atoms with van der Waals surface area (Å²) in [5.41, 5.74) is 5.58. The van der Waals surface area contributed by atoms with Gasteiger partial charge in [-0.05, 0) is 19.4 Å². The highest BCUT2D eigenvalue weighted by molar-refractivity contribution is 5.38. The van der Waals surface area contributed by atoms with Crippen LogP contribution in [0.4, 0.5) is 16.2 Å². The number of aliphatic hydroxyl groups excluding tert-OH is 1. The summed E-state index contributed by atoms with van der Waals surface area (Å²) < 4.78 is 19.3. The lowest BCUT2D eigenvalue weighted by Crippen LogP contribution is -2.47. The fraction of sp³-hybridized carbons (Fsp3) is 0.667. The number of hydrogen-bond donors (Lipinski definition) is 2. The summed E-state index contributed by atoms with van der Waals surface area (Å²) in [6.45, 7) is 2.55. The van der Waals surface area contributed by atoms with E-state index in [-0.39, 0.29) is 13.2 Å². The van der Waals surface area contributed by atoms with Crippen LogP contribution in [0.2, 0.25) is 0 Å². The van der Waals surface area contributed by atoms with Crippen LogP contribution >= 0.6 is 0 Å². The Kier molecular flexibility index (Phi) is 4.49. The van der Waals surface area contributed by atoms with Crippen LogP contribution in [0.25, 0.3) is 0 Å². The zero-order chi connectivity index (χ0) is 13.8. The third kappa shape index (κ3) is 3.74. The quantitative estimate of drug-likeness (QED) is 0.822. The predicted octanol–water partition coefficient (Wildman–Crippen LogP) is 0.373. The normalized spacial score (nSPS) is 25.3. The summed E-state index contributed by atoms with van der Waals surface area (Å²) in [6.07, 6.45) is -0.0978. The van der Waals surface area contributed by atoms with Crippen molar-refractivity contribution in [3.8, 4) is 0 Å². The number of nitrogen functional groups attached to an aromatic ring is 1. The molecule has 1 aliphatic rings.